The summed E-state index contributed by atoms with van der Waals surface area (Å²) < 4.78 is 5.32. The summed E-state index contributed by atoms with van der Waals surface area (Å²) >= 11 is 0. The van der Waals surface area contributed by atoms with E-state index in [-0.39, 0.29) is 6.10 Å². The molecule has 4 nitrogen and oxygen atoms in total. The molecule has 0 spiro atoms. The summed E-state index contributed by atoms with van der Waals surface area (Å²) in [5, 5.41) is 13.8. The lowest BCUT2D eigenvalue weighted by Gasteiger charge is -2.10. The number of aromatic nitrogens is 1. The summed E-state index contributed by atoms with van der Waals surface area (Å²) in [6, 6.07) is 9.92. The van der Waals surface area contributed by atoms with E-state index in [9.17, 15) is 5.11 Å². The first kappa shape index (κ1) is 13.8. The van der Waals surface area contributed by atoms with Gasteiger partial charge >= 0.3 is 0 Å². The van der Waals surface area contributed by atoms with Gasteiger partial charge in [0.05, 0.1) is 18.9 Å². The maximum atomic E-state index is 9.49. The van der Waals surface area contributed by atoms with E-state index in [2.05, 4.69) is 10.3 Å². The molecule has 1 atom stereocenters. The third kappa shape index (κ3) is 3.43. The second kappa shape index (κ2) is 6.50. The van der Waals surface area contributed by atoms with E-state index in [0.717, 1.165) is 28.8 Å². The molecule has 0 amide bonds. The Kier molecular flexibility index (Phi) is 4.71. The van der Waals surface area contributed by atoms with E-state index in [1.807, 2.05) is 37.3 Å². The predicted octanol–water partition coefficient (Wildman–Crippen LogP) is 2.10. The number of aliphatic hydroxyl groups excluding tert-OH is 1. The van der Waals surface area contributed by atoms with Crippen LogP contribution in [0.25, 0.3) is 10.9 Å². The normalized spacial score (nSPS) is 12.6. The Hall–Kier alpha value is -1.65. The van der Waals surface area contributed by atoms with Crippen molar-refractivity contribution in [3.63, 3.8) is 0 Å². The highest BCUT2D eigenvalue weighted by Gasteiger charge is 2.05. The number of rotatable bonds is 6. The van der Waals surface area contributed by atoms with Gasteiger partial charge in [-0.15, -0.1) is 0 Å². The molecule has 0 aliphatic rings. The van der Waals surface area contributed by atoms with Gasteiger partial charge in [0.25, 0.3) is 0 Å². The zero-order chi connectivity index (χ0) is 13.7. The summed E-state index contributed by atoms with van der Waals surface area (Å²) in [5.41, 5.74) is 1.82. The van der Waals surface area contributed by atoms with Crippen LogP contribution in [0.1, 0.15) is 19.0 Å². The van der Waals surface area contributed by atoms with Crippen molar-refractivity contribution in [3.05, 3.63) is 36.0 Å². The zero-order valence-corrected chi connectivity index (χ0v) is 11.4. The molecule has 0 aliphatic heterocycles. The first-order valence-electron chi connectivity index (χ1n) is 6.56. The van der Waals surface area contributed by atoms with Crippen LogP contribution in [0.15, 0.2) is 30.3 Å². The maximum Gasteiger partial charge on any atom is 0.145 e. The molecule has 2 rings (SSSR count). The van der Waals surface area contributed by atoms with E-state index in [1.165, 1.54) is 0 Å². The minimum atomic E-state index is -0.296. The van der Waals surface area contributed by atoms with E-state index in [0.29, 0.717) is 13.1 Å². The molecule has 1 heterocycles. The molecule has 0 bridgehead atoms. The summed E-state index contributed by atoms with van der Waals surface area (Å²) in [6.07, 6.45) is 0.460. The van der Waals surface area contributed by atoms with Crippen molar-refractivity contribution in [3.8, 4) is 5.75 Å². The molecule has 0 saturated carbocycles. The van der Waals surface area contributed by atoms with Crippen LogP contribution in [0.5, 0.6) is 5.75 Å². The zero-order valence-electron chi connectivity index (χ0n) is 11.4. The number of aliphatic hydroxyl groups is 1. The first-order valence-corrected chi connectivity index (χ1v) is 6.56. The Morgan fingerprint density at radius 3 is 2.89 bits per heavy atom. The Balaban J connectivity index is 2.12. The molecule has 102 valence electrons. The van der Waals surface area contributed by atoms with Crippen LogP contribution in [0.2, 0.25) is 0 Å². The van der Waals surface area contributed by atoms with Crippen LogP contribution in [-0.4, -0.2) is 29.8 Å². The van der Waals surface area contributed by atoms with E-state index in [1.54, 1.807) is 7.11 Å². The minimum Gasteiger partial charge on any atom is -0.494 e. The van der Waals surface area contributed by atoms with Gasteiger partial charge in [0.15, 0.2) is 0 Å². The van der Waals surface area contributed by atoms with E-state index < -0.39 is 0 Å². The summed E-state index contributed by atoms with van der Waals surface area (Å²) in [7, 11) is 1.65. The number of pyridine rings is 1. The number of fused-ring (bicyclic) bond motifs is 1. The van der Waals surface area contributed by atoms with Gasteiger partial charge in [-0.25, -0.2) is 4.98 Å². The fourth-order valence-electron chi connectivity index (χ4n) is 1.93. The number of ether oxygens (including phenoxy) is 1. The Labute approximate surface area is 113 Å². The summed E-state index contributed by atoms with van der Waals surface area (Å²) in [6.45, 7) is 3.19. The molecule has 4 heteroatoms. The third-order valence-electron chi connectivity index (χ3n) is 3.12. The van der Waals surface area contributed by atoms with Crippen molar-refractivity contribution in [1.82, 2.24) is 10.3 Å². The molecule has 0 fully saturated rings. The molecule has 0 radical (unpaired) electrons. The van der Waals surface area contributed by atoms with Crippen molar-refractivity contribution in [2.24, 2.45) is 0 Å². The van der Waals surface area contributed by atoms with Gasteiger partial charge in [0, 0.05) is 18.5 Å². The van der Waals surface area contributed by atoms with Crippen molar-refractivity contribution < 1.29 is 9.84 Å². The topological polar surface area (TPSA) is 54.4 Å². The Bertz CT molecular complexity index is 543. The summed E-state index contributed by atoms with van der Waals surface area (Å²) in [5.74, 6) is 0.785. The fraction of sp³-hybridized carbons (Fsp3) is 0.400. The fourth-order valence-corrected chi connectivity index (χ4v) is 1.93. The first-order chi connectivity index (χ1) is 9.24. The van der Waals surface area contributed by atoms with Crippen molar-refractivity contribution in [2.75, 3.05) is 13.7 Å². The molecule has 2 N–H and O–H groups in total. The highest BCUT2D eigenvalue weighted by atomic mass is 16.5. The molecular formula is C15H20N2O2. The van der Waals surface area contributed by atoms with Gasteiger partial charge in [0.1, 0.15) is 11.3 Å². The monoisotopic (exact) mass is 260 g/mol. The van der Waals surface area contributed by atoms with Crippen molar-refractivity contribution in [1.29, 1.82) is 0 Å². The number of hydrogen-bond donors (Lipinski definition) is 2. The van der Waals surface area contributed by atoms with Crippen LogP contribution in [0.3, 0.4) is 0 Å². The maximum absolute atomic E-state index is 9.49. The highest BCUT2D eigenvalue weighted by molar-refractivity contribution is 5.84. The van der Waals surface area contributed by atoms with Gasteiger partial charge in [-0.3, -0.25) is 0 Å². The lowest BCUT2D eigenvalue weighted by atomic mass is 10.2. The number of methoxy groups -OCH3 is 1. The average molecular weight is 260 g/mol. The van der Waals surface area contributed by atoms with Crippen LogP contribution < -0.4 is 10.1 Å². The van der Waals surface area contributed by atoms with Gasteiger partial charge < -0.3 is 15.2 Å². The van der Waals surface area contributed by atoms with Gasteiger partial charge in [-0.2, -0.15) is 0 Å². The molecular weight excluding hydrogens is 240 g/mol. The molecule has 1 aromatic heterocycles. The second-order valence-corrected chi connectivity index (χ2v) is 4.53. The standard InChI is InChI=1S/C15H20N2O2/c1-3-13(18)10-16-9-12-8-7-11-5-4-6-14(19-2)15(11)17-12/h4-8,13,16,18H,3,9-10H2,1-2H3. The number of nitrogens with one attached hydrogen (secondary N) is 1. The third-order valence-corrected chi connectivity index (χ3v) is 3.12. The molecule has 0 aliphatic carbocycles. The second-order valence-electron chi connectivity index (χ2n) is 4.53. The van der Waals surface area contributed by atoms with Crippen molar-refractivity contribution in [2.45, 2.75) is 26.0 Å². The highest BCUT2D eigenvalue weighted by Crippen LogP contribution is 2.23. The minimum absolute atomic E-state index is 0.296. The van der Waals surface area contributed by atoms with Crippen LogP contribution in [0.4, 0.5) is 0 Å². The van der Waals surface area contributed by atoms with E-state index >= 15 is 0 Å². The average Bonchev–Trinajstić information content (AvgIpc) is 2.46. The molecule has 0 saturated heterocycles. The Morgan fingerprint density at radius 1 is 1.32 bits per heavy atom. The molecule has 1 aromatic carbocycles. The number of nitrogens with zero attached hydrogens (tertiary/aromatic N) is 1. The van der Waals surface area contributed by atoms with Gasteiger partial charge in [-0.1, -0.05) is 25.1 Å². The quantitative estimate of drug-likeness (QED) is 0.835. The lowest BCUT2D eigenvalue weighted by Crippen LogP contribution is -2.26. The molecule has 19 heavy (non-hydrogen) atoms. The number of benzene rings is 1. The number of para-hydroxylation sites is 1. The Morgan fingerprint density at radius 2 is 2.16 bits per heavy atom. The summed E-state index contributed by atoms with van der Waals surface area (Å²) in [4.78, 5) is 4.60. The van der Waals surface area contributed by atoms with E-state index in [4.69, 9.17) is 4.74 Å². The van der Waals surface area contributed by atoms with Crippen molar-refractivity contribution >= 4 is 10.9 Å². The van der Waals surface area contributed by atoms with Crippen LogP contribution in [-0.2, 0) is 6.54 Å². The van der Waals surface area contributed by atoms with Crippen LogP contribution >= 0.6 is 0 Å². The molecule has 2 aromatic rings. The van der Waals surface area contributed by atoms with Gasteiger partial charge in [0.2, 0.25) is 0 Å². The molecule has 1 unspecified atom stereocenters. The predicted molar refractivity (Wildman–Crippen MR) is 76.3 cm³/mol. The lowest BCUT2D eigenvalue weighted by molar-refractivity contribution is 0.167. The number of hydrogen-bond acceptors (Lipinski definition) is 4. The van der Waals surface area contributed by atoms with Gasteiger partial charge in [-0.05, 0) is 18.6 Å². The SMILES string of the molecule is CCC(O)CNCc1ccc2cccc(OC)c2n1. The van der Waals surface area contributed by atoms with Crippen LogP contribution in [0, 0.1) is 0 Å². The smallest absolute Gasteiger partial charge is 0.145 e. The largest absolute Gasteiger partial charge is 0.494 e.